The van der Waals surface area contributed by atoms with Gasteiger partial charge in [0.25, 0.3) is 0 Å². The summed E-state index contributed by atoms with van der Waals surface area (Å²) in [5.74, 6) is 0. The van der Waals surface area contributed by atoms with Crippen LogP contribution in [0.3, 0.4) is 0 Å². The minimum Gasteiger partial charge on any atom is -0.235 e. The lowest BCUT2D eigenvalue weighted by molar-refractivity contribution is 0.601. The van der Waals surface area contributed by atoms with Crippen molar-refractivity contribution in [3.63, 3.8) is 0 Å². The number of rotatable bonds is 3. The molecule has 2 aromatic carbocycles. The van der Waals surface area contributed by atoms with Crippen LogP contribution in [-0.2, 0) is 0 Å². The second-order valence-electron chi connectivity index (χ2n) is 6.63. The summed E-state index contributed by atoms with van der Waals surface area (Å²) in [5, 5.41) is 12.6. The molecule has 1 saturated carbocycles. The van der Waals surface area contributed by atoms with Crippen LogP contribution in [0, 0.1) is 11.3 Å². The zero-order valence-corrected chi connectivity index (χ0v) is 15.4. The average molecular weight is 356 g/mol. The highest BCUT2D eigenvalue weighted by Gasteiger charge is 2.16. The molecule has 128 valence electrons. The van der Waals surface area contributed by atoms with Crippen molar-refractivity contribution in [2.75, 3.05) is 0 Å². The van der Waals surface area contributed by atoms with E-state index in [0.717, 1.165) is 34.7 Å². The Morgan fingerprint density at radius 1 is 0.846 bits per heavy atom. The third-order valence-corrected chi connectivity index (χ3v) is 5.79. The summed E-state index contributed by atoms with van der Waals surface area (Å²) in [6.07, 6.45) is 5.76. The van der Waals surface area contributed by atoms with Crippen LogP contribution in [0.1, 0.15) is 37.1 Å². The molecule has 0 aliphatic heterocycles. The number of benzene rings is 2. The molecule has 0 saturated heterocycles. The minimum absolute atomic E-state index is 0.807. The summed E-state index contributed by atoms with van der Waals surface area (Å²) in [5.41, 5.74) is 6.56. The Morgan fingerprint density at radius 2 is 1.50 bits per heavy atom. The number of thiazole rings is 1. The number of aromatic nitrogens is 1. The van der Waals surface area contributed by atoms with Gasteiger partial charge in [0, 0.05) is 10.9 Å². The molecule has 0 spiro atoms. The summed E-state index contributed by atoms with van der Waals surface area (Å²) >= 11 is 1.58. The Bertz CT molecular complexity index is 951. The third kappa shape index (κ3) is 3.47. The zero-order valence-electron chi connectivity index (χ0n) is 14.6. The van der Waals surface area contributed by atoms with Gasteiger partial charge >= 0.3 is 0 Å². The fraction of sp³-hybridized carbons (Fsp3) is 0.217. The maximum atomic E-state index is 9.63. The molecule has 1 aliphatic rings. The monoisotopic (exact) mass is 356 g/mol. The molecular weight excluding hydrogens is 336 g/mol. The Kier molecular flexibility index (Phi) is 4.95. The first-order valence-corrected chi connectivity index (χ1v) is 9.97. The van der Waals surface area contributed by atoms with Gasteiger partial charge in [-0.2, -0.15) is 5.26 Å². The average Bonchev–Trinajstić information content (AvgIpc) is 3.20. The normalized spacial score (nSPS) is 14.0. The Hall–Kier alpha value is -2.70. The Balaban J connectivity index is 1.61. The molecular formula is C23H20N2S. The van der Waals surface area contributed by atoms with E-state index in [2.05, 4.69) is 60.0 Å². The van der Waals surface area contributed by atoms with Crippen LogP contribution in [0.5, 0.6) is 0 Å². The summed E-state index contributed by atoms with van der Waals surface area (Å²) in [6.45, 7) is 0. The van der Waals surface area contributed by atoms with Crippen molar-refractivity contribution in [2.45, 2.75) is 32.1 Å². The maximum absolute atomic E-state index is 9.63. The molecule has 3 aromatic rings. The van der Waals surface area contributed by atoms with Crippen molar-refractivity contribution in [1.82, 2.24) is 4.98 Å². The third-order valence-electron chi connectivity index (χ3n) is 4.93. The molecule has 1 heterocycles. The lowest BCUT2D eigenvalue weighted by Crippen LogP contribution is -1.97. The molecule has 0 N–H and O–H groups in total. The van der Waals surface area contributed by atoms with Crippen LogP contribution in [0.4, 0.5) is 0 Å². The molecule has 4 rings (SSSR count). The van der Waals surface area contributed by atoms with Crippen LogP contribution in [0.15, 0.2) is 65.6 Å². The first-order valence-electron chi connectivity index (χ1n) is 9.09. The number of hydrogen-bond acceptors (Lipinski definition) is 3. The van der Waals surface area contributed by atoms with E-state index in [9.17, 15) is 5.26 Å². The van der Waals surface area contributed by atoms with E-state index in [4.69, 9.17) is 4.98 Å². The number of nitrogens with zero attached hydrogens (tertiary/aromatic N) is 2. The van der Waals surface area contributed by atoms with Crippen LogP contribution in [0.2, 0.25) is 0 Å². The number of allylic oxidation sites excluding steroid dienone is 2. The van der Waals surface area contributed by atoms with Crippen LogP contribution in [-0.4, -0.2) is 4.98 Å². The summed E-state index contributed by atoms with van der Waals surface area (Å²) in [7, 11) is 0. The highest BCUT2D eigenvalue weighted by molar-refractivity contribution is 7.11. The lowest BCUT2D eigenvalue weighted by atomic mass is 9.91. The summed E-state index contributed by atoms with van der Waals surface area (Å²) < 4.78 is 0. The van der Waals surface area contributed by atoms with Crippen LogP contribution in [0.25, 0.3) is 28.0 Å². The molecule has 0 atom stereocenters. The second kappa shape index (κ2) is 7.68. The van der Waals surface area contributed by atoms with E-state index in [-0.39, 0.29) is 0 Å². The van der Waals surface area contributed by atoms with Crippen molar-refractivity contribution in [3.8, 4) is 28.5 Å². The highest BCUT2D eigenvalue weighted by atomic mass is 32.1. The van der Waals surface area contributed by atoms with Crippen molar-refractivity contribution in [2.24, 2.45) is 0 Å². The standard InChI is InChI=1S/C23H20N2S/c24-15-21(19-9-5-2-6-10-19)23-25-22(16-26-23)20-13-11-18(12-14-20)17-7-3-1-4-8-17/h1,3-4,7-8,11-14,16H,2,5-6,9-10H2. The van der Waals surface area contributed by atoms with Gasteiger partial charge in [0.2, 0.25) is 0 Å². The molecule has 0 unspecified atom stereocenters. The predicted octanol–water partition coefficient (Wildman–Crippen LogP) is 6.72. The van der Waals surface area contributed by atoms with E-state index in [1.165, 1.54) is 36.0 Å². The fourth-order valence-corrected chi connectivity index (χ4v) is 4.36. The summed E-state index contributed by atoms with van der Waals surface area (Å²) in [4.78, 5) is 4.77. The molecule has 3 heteroatoms. The zero-order chi connectivity index (χ0) is 17.8. The van der Waals surface area contributed by atoms with E-state index < -0.39 is 0 Å². The van der Waals surface area contributed by atoms with E-state index in [0.29, 0.717) is 0 Å². The predicted molar refractivity (Wildman–Crippen MR) is 109 cm³/mol. The summed E-state index contributed by atoms with van der Waals surface area (Å²) in [6, 6.07) is 21.3. The number of hydrogen-bond donors (Lipinski definition) is 0. The van der Waals surface area contributed by atoms with Gasteiger partial charge in [0.15, 0.2) is 0 Å². The smallest absolute Gasteiger partial charge is 0.134 e. The molecule has 0 bridgehead atoms. The molecule has 1 fully saturated rings. The highest BCUT2D eigenvalue weighted by Crippen LogP contribution is 2.33. The second-order valence-corrected chi connectivity index (χ2v) is 7.49. The van der Waals surface area contributed by atoms with Gasteiger partial charge in [-0.15, -0.1) is 11.3 Å². The van der Waals surface area contributed by atoms with Gasteiger partial charge in [0.1, 0.15) is 11.1 Å². The molecule has 1 aliphatic carbocycles. The van der Waals surface area contributed by atoms with E-state index in [1.807, 2.05) is 6.07 Å². The van der Waals surface area contributed by atoms with Crippen LogP contribution < -0.4 is 0 Å². The number of nitriles is 1. The van der Waals surface area contributed by atoms with Gasteiger partial charge in [0.05, 0.1) is 11.3 Å². The SMILES string of the molecule is N#CC(=C1CCCCC1)c1nc(-c2ccc(-c3ccccc3)cc2)cs1. The quantitative estimate of drug-likeness (QED) is 0.488. The van der Waals surface area contributed by atoms with Gasteiger partial charge in [-0.1, -0.05) is 61.0 Å². The van der Waals surface area contributed by atoms with E-state index >= 15 is 0 Å². The molecule has 2 nitrogen and oxygen atoms in total. The molecule has 1 aromatic heterocycles. The topological polar surface area (TPSA) is 36.7 Å². The molecule has 26 heavy (non-hydrogen) atoms. The maximum Gasteiger partial charge on any atom is 0.134 e. The largest absolute Gasteiger partial charge is 0.235 e. The molecule has 0 radical (unpaired) electrons. The van der Waals surface area contributed by atoms with Crippen molar-refractivity contribution in [3.05, 3.63) is 70.6 Å². The van der Waals surface area contributed by atoms with Gasteiger partial charge < -0.3 is 0 Å². The fourth-order valence-electron chi connectivity index (χ4n) is 3.49. The van der Waals surface area contributed by atoms with Crippen LogP contribution >= 0.6 is 11.3 Å². The minimum atomic E-state index is 0.807. The van der Waals surface area contributed by atoms with E-state index in [1.54, 1.807) is 11.3 Å². The van der Waals surface area contributed by atoms with Gasteiger partial charge in [-0.05, 0) is 42.4 Å². The van der Waals surface area contributed by atoms with Gasteiger partial charge in [-0.25, -0.2) is 4.98 Å². The van der Waals surface area contributed by atoms with Gasteiger partial charge in [-0.3, -0.25) is 0 Å². The van der Waals surface area contributed by atoms with Crippen molar-refractivity contribution in [1.29, 1.82) is 5.26 Å². The Morgan fingerprint density at radius 3 is 2.19 bits per heavy atom. The Labute approximate surface area is 158 Å². The first kappa shape index (κ1) is 16.8. The van der Waals surface area contributed by atoms with Crippen molar-refractivity contribution < 1.29 is 0 Å². The lowest BCUT2D eigenvalue weighted by Gasteiger charge is -2.14. The molecule has 0 amide bonds. The first-order chi connectivity index (χ1) is 12.8. The van der Waals surface area contributed by atoms with Crippen molar-refractivity contribution >= 4 is 16.9 Å².